The second kappa shape index (κ2) is 11.5. The molecule has 212 valence electrons. The Morgan fingerprint density at radius 2 is 1.81 bits per heavy atom. The van der Waals surface area contributed by atoms with Crippen molar-refractivity contribution in [1.29, 1.82) is 5.26 Å². The van der Waals surface area contributed by atoms with E-state index >= 15 is 4.39 Å². The standard InChI is InChI=1S/C32H21F2N5O4/c33-25-12-19(16-35)4-5-23(25)18-42-31-3-1-2-27(37-31)21-7-6-20(26(34)13-21)15-30-36-28-9-8-22(32(40)41)14-29(28)39(30)17-24-10-11-43-38-24/h1-14H,15,17-18H2,(H,40,41). The molecule has 0 fully saturated rings. The van der Waals surface area contributed by atoms with Crippen molar-refractivity contribution in [3.05, 3.63) is 131 Å². The number of nitriles is 1. The highest BCUT2D eigenvalue weighted by Crippen LogP contribution is 2.26. The molecule has 0 aliphatic carbocycles. The minimum atomic E-state index is -1.07. The number of aromatic carboxylic acids is 1. The van der Waals surface area contributed by atoms with Gasteiger partial charge in [0.25, 0.3) is 0 Å². The molecule has 0 amide bonds. The largest absolute Gasteiger partial charge is 0.478 e. The van der Waals surface area contributed by atoms with Crippen LogP contribution in [0.25, 0.3) is 22.3 Å². The second-order valence-electron chi connectivity index (χ2n) is 9.66. The number of carbonyl (C=O) groups is 1. The van der Waals surface area contributed by atoms with Gasteiger partial charge in [-0.3, -0.25) is 0 Å². The van der Waals surface area contributed by atoms with Crippen molar-refractivity contribution < 1.29 is 27.9 Å². The zero-order valence-corrected chi connectivity index (χ0v) is 22.4. The molecule has 0 saturated carbocycles. The van der Waals surface area contributed by atoms with Gasteiger partial charge in [0.2, 0.25) is 5.88 Å². The number of hydrogen-bond acceptors (Lipinski definition) is 7. The fourth-order valence-corrected chi connectivity index (χ4v) is 4.66. The van der Waals surface area contributed by atoms with Crippen molar-refractivity contribution in [2.45, 2.75) is 19.6 Å². The average Bonchev–Trinajstić information content (AvgIpc) is 3.65. The smallest absolute Gasteiger partial charge is 0.335 e. The Morgan fingerprint density at radius 3 is 2.56 bits per heavy atom. The zero-order chi connectivity index (χ0) is 29.9. The van der Waals surface area contributed by atoms with E-state index in [1.54, 1.807) is 47.0 Å². The van der Waals surface area contributed by atoms with Gasteiger partial charge in [-0.25, -0.2) is 23.5 Å². The molecular formula is C32H21F2N5O4. The molecule has 0 unspecified atom stereocenters. The maximum absolute atomic E-state index is 15.5. The van der Waals surface area contributed by atoms with Gasteiger partial charge in [0, 0.05) is 29.7 Å². The minimum Gasteiger partial charge on any atom is -0.478 e. The number of carboxylic acids is 1. The second-order valence-corrected chi connectivity index (χ2v) is 9.66. The van der Waals surface area contributed by atoms with E-state index in [-0.39, 0.29) is 42.1 Å². The lowest BCUT2D eigenvalue weighted by atomic mass is 10.1. The summed E-state index contributed by atoms with van der Waals surface area (Å²) in [4.78, 5) is 20.7. The summed E-state index contributed by atoms with van der Waals surface area (Å²) in [7, 11) is 0. The Morgan fingerprint density at radius 1 is 0.977 bits per heavy atom. The molecule has 3 aromatic carbocycles. The number of aromatic nitrogens is 4. The molecule has 3 heterocycles. The topological polar surface area (TPSA) is 127 Å². The van der Waals surface area contributed by atoms with Crippen molar-refractivity contribution >= 4 is 17.0 Å². The van der Waals surface area contributed by atoms with Crippen LogP contribution in [-0.2, 0) is 19.6 Å². The van der Waals surface area contributed by atoms with Crippen LogP contribution in [0.5, 0.6) is 5.88 Å². The predicted octanol–water partition coefficient (Wildman–Crippen LogP) is 6.15. The van der Waals surface area contributed by atoms with Crippen molar-refractivity contribution in [2.24, 2.45) is 0 Å². The first-order valence-corrected chi connectivity index (χ1v) is 13.1. The lowest BCUT2D eigenvalue weighted by Gasteiger charge is -2.11. The number of benzene rings is 3. The number of pyridine rings is 1. The van der Waals surface area contributed by atoms with E-state index in [9.17, 15) is 14.3 Å². The van der Waals surface area contributed by atoms with Gasteiger partial charge in [0.1, 0.15) is 36.0 Å². The molecule has 0 spiro atoms. The molecule has 6 aromatic rings. The van der Waals surface area contributed by atoms with E-state index in [4.69, 9.17) is 14.5 Å². The van der Waals surface area contributed by atoms with Crippen molar-refractivity contribution in [1.82, 2.24) is 19.7 Å². The van der Waals surface area contributed by atoms with Gasteiger partial charge in [-0.1, -0.05) is 29.4 Å². The highest BCUT2D eigenvalue weighted by molar-refractivity contribution is 5.92. The summed E-state index contributed by atoms with van der Waals surface area (Å²) in [5.74, 6) is -1.34. The van der Waals surface area contributed by atoms with E-state index in [2.05, 4.69) is 15.1 Å². The lowest BCUT2D eigenvalue weighted by molar-refractivity contribution is 0.0697. The molecule has 0 radical (unpaired) electrons. The third kappa shape index (κ3) is 5.80. The number of imidazole rings is 1. The first-order valence-electron chi connectivity index (χ1n) is 13.1. The SMILES string of the molecule is N#Cc1ccc(COc2cccc(-c3ccc(Cc4nc5ccc(C(=O)O)cc5n4Cc4ccon4)c(F)c3)n2)c(F)c1. The molecular weight excluding hydrogens is 556 g/mol. The van der Waals surface area contributed by atoms with Crippen molar-refractivity contribution in [2.75, 3.05) is 0 Å². The van der Waals surface area contributed by atoms with E-state index in [0.717, 1.165) is 6.07 Å². The van der Waals surface area contributed by atoms with Crippen molar-refractivity contribution in [3.8, 4) is 23.2 Å². The van der Waals surface area contributed by atoms with Crippen LogP contribution in [-0.4, -0.2) is 30.8 Å². The molecule has 43 heavy (non-hydrogen) atoms. The molecule has 9 nitrogen and oxygen atoms in total. The van der Waals surface area contributed by atoms with Gasteiger partial charge in [-0.15, -0.1) is 0 Å². The summed E-state index contributed by atoms with van der Waals surface area (Å²) in [6.07, 6.45) is 1.57. The first kappa shape index (κ1) is 27.3. The Bertz CT molecular complexity index is 2020. The Hall–Kier alpha value is -5.89. The summed E-state index contributed by atoms with van der Waals surface area (Å²) < 4.78 is 42.1. The van der Waals surface area contributed by atoms with Crippen LogP contribution in [0, 0.1) is 23.0 Å². The van der Waals surface area contributed by atoms with Crippen LogP contribution in [0.15, 0.2) is 89.6 Å². The van der Waals surface area contributed by atoms with Crippen LogP contribution in [0.1, 0.15) is 38.6 Å². The van der Waals surface area contributed by atoms with E-state index < -0.39 is 17.6 Å². The van der Waals surface area contributed by atoms with Crippen LogP contribution in [0.2, 0.25) is 0 Å². The minimum absolute atomic E-state index is 0.0927. The fourth-order valence-electron chi connectivity index (χ4n) is 4.66. The van der Waals surface area contributed by atoms with Gasteiger partial charge in [-0.2, -0.15) is 5.26 Å². The molecule has 0 aliphatic heterocycles. The molecule has 3 aromatic heterocycles. The summed E-state index contributed by atoms with van der Waals surface area (Å²) in [5.41, 5.74) is 3.70. The normalized spacial score (nSPS) is 11.0. The van der Waals surface area contributed by atoms with Crippen LogP contribution in [0.4, 0.5) is 8.78 Å². The summed E-state index contributed by atoms with van der Waals surface area (Å²) in [5, 5.41) is 22.3. The molecule has 6 rings (SSSR count). The highest BCUT2D eigenvalue weighted by Gasteiger charge is 2.17. The lowest BCUT2D eigenvalue weighted by Crippen LogP contribution is -2.07. The maximum Gasteiger partial charge on any atom is 0.335 e. The van der Waals surface area contributed by atoms with E-state index in [1.807, 2.05) is 6.07 Å². The number of ether oxygens (including phenoxy) is 1. The molecule has 11 heteroatoms. The van der Waals surface area contributed by atoms with Crippen molar-refractivity contribution in [3.63, 3.8) is 0 Å². The summed E-state index contributed by atoms with van der Waals surface area (Å²) in [6, 6.07) is 22.1. The van der Waals surface area contributed by atoms with Gasteiger partial charge in [0.15, 0.2) is 0 Å². The number of carboxylic acid groups (broad SMARTS) is 1. The number of rotatable bonds is 9. The number of fused-ring (bicyclic) bond motifs is 1. The van der Waals surface area contributed by atoms with E-state index in [1.165, 1.54) is 36.6 Å². The third-order valence-corrected chi connectivity index (χ3v) is 6.86. The van der Waals surface area contributed by atoms with Gasteiger partial charge < -0.3 is 18.9 Å². The average molecular weight is 578 g/mol. The molecule has 0 aliphatic rings. The fraction of sp³-hybridized carbons (Fsp3) is 0.0938. The predicted molar refractivity (Wildman–Crippen MR) is 150 cm³/mol. The van der Waals surface area contributed by atoms with E-state index in [0.29, 0.717) is 39.4 Å². The third-order valence-electron chi connectivity index (χ3n) is 6.86. The Kier molecular flexibility index (Phi) is 7.32. The van der Waals surface area contributed by atoms with Crippen LogP contribution >= 0.6 is 0 Å². The van der Waals surface area contributed by atoms with Gasteiger partial charge in [0.05, 0.1) is 40.5 Å². The molecule has 1 N–H and O–H groups in total. The Labute approximate surface area is 243 Å². The summed E-state index contributed by atoms with van der Waals surface area (Å²) in [6.45, 7) is 0.165. The summed E-state index contributed by atoms with van der Waals surface area (Å²) >= 11 is 0. The molecule has 0 bridgehead atoms. The number of halogens is 2. The number of hydrogen-bond donors (Lipinski definition) is 1. The Balaban J connectivity index is 1.25. The van der Waals surface area contributed by atoms with Crippen LogP contribution in [0.3, 0.4) is 0 Å². The molecule has 0 atom stereocenters. The zero-order valence-electron chi connectivity index (χ0n) is 22.4. The number of nitrogens with zero attached hydrogens (tertiary/aromatic N) is 5. The van der Waals surface area contributed by atoms with Gasteiger partial charge >= 0.3 is 5.97 Å². The quantitative estimate of drug-likeness (QED) is 0.217. The monoisotopic (exact) mass is 577 g/mol. The van der Waals surface area contributed by atoms with Gasteiger partial charge in [-0.05, 0) is 48.0 Å². The first-order chi connectivity index (χ1) is 20.9. The molecule has 0 saturated heterocycles. The van der Waals surface area contributed by atoms with Crippen LogP contribution < -0.4 is 4.74 Å². The maximum atomic E-state index is 15.5. The highest BCUT2D eigenvalue weighted by atomic mass is 19.1.